The van der Waals surface area contributed by atoms with Crippen LogP contribution in [0.15, 0.2) is 84.7 Å². The fourth-order valence-corrected chi connectivity index (χ4v) is 4.47. The number of fused-ring (bicyclic) bond motifs is 3. The number of para-hydroxylation sites is 1. The highest BCUT2D eigenvalue weighted by atomic mass is 19.1. The minimum Gasteiger partial charge on any atom is -0.497 e. The van der Waals surface area contributed by atoms with Gasteiger partial charge in [0.15, 0.2) is 0 Å². The summed E-state index contributed by atoms with van der Waals surface area (Å²) in [6.07, 6.45) is 1.02. The Morgan fingerprint density at radius 2 is 1.78 bits per heavy atom. The molecule has 6 nitrogen and oxygen atoms in total. The van der Waals surface area contributed by atoms with E-state index in [2.05, 4.69) is 15.4 Å². The molecule has 0 radical (unpaired) electrons. The number of hydrogen-bond donors (Lipinski definition) is 1. The van der Waals surface area contributed by atoms with Crippen molar-refractivity contribution in [1.82, 2.24) is 14.8 Å². The lowest BCUT2D eigenvalue weighted by molar-refractivity contribution is 0.222. The van der Waals surface area contributed by atoms with Crippen molar-refractivity contribution in [2.24, 2.45) is 0 Å². The zero-order chi connectivity index (χ0) is 21.7. The van der Waals surface area contributed by atoms with Crippen LogP contribution < -0.4 is 14.8 Å². The summed E-state index contributed by atoms with van der Waals surface area (Å²) in [5.41, 5.74) is 4.08. The summed E-state index contributed by atoms with van der Waals surface area (Å²) >= 11 is 0. The van der Waals surface area contributed by atoms with Crippen molar-refractivity contribution in [1.29, 1.82) is 0 Å². The van der Waals surface area contributed by atoms with E-state index in [4.69, 9.17) is 9.47 Å². The van der Waals surface area contributed by atoms with Crippen LogP contribution in [0.4, 0.5) is 10.3 Å². The fraction of sp³-hybridized carbons (Fsp3) is 0.120. The maximum Gasteiger partial charge on any atom is 0.226 e. The van der Waals surface area contributed by atoms with E-state index in [-0.39, 0.29) is 5.82 Å². The Morgan fingerprint density at radius 1 is 1.00 bits per heavy atom. The highest BCUT2D eigenvalue weighted by Crippen LogP contribution is 2.50. The number of rotatable bonds is 3. The Labute approximate surface area is 183 Å². The number of methoxy groups -OCH3 is 1. The molecule has 0 fully saturated rings. The molecule has 0 saturated heterocycles. The van der Waals surface area contributed by atoms with E-state index in [1.54, 1.807) is 23.9 Å². The van der Waals surface area contributed by atoms with Gasteiger partial charge in [0, 0.05) is 16.7 Å². The molecule has 0 unspecified atom stereocenters. The van der Waals surface area contributed by atoms with Gasteiger partial charge in [-0.05, 0) is 35.9 Å². The first-order valence-corrected chi connectivity index (χ1v) is 10.3. The van der Waals surface area contributed by atoms with Gasteiger partial charge < -0.3 is 14.8 Å². The molecule has 0 aliphatic carbocycles. The molecule has 1 N–H and O–H groups in total. The summed E-state index contributed by atoms with van der Waals surface area (Å²) in [7, 11) is 1.63. The number of benzene rings is 3. The summed E-state index contributed by atoms with van der Waals surface area (Å²) in [4.78, 5) is 4.37. The van der Waals surface area contributed by atoms with Crippen molar-refractivity contribution in [2.75, 3.05) is 12.4 Å². The third kappa shape index (κ3) is 2.78. The summed E-state index contributed by atoms with van der Waals surface area (Å²) < 4.78 is 28.7. The fourth-order valence-electron chi connectivity index (χ4n) is 4.47. The van der Waals surface area contributed by atoms with Gasteiger partial charge in [-0.15, -0.1) is 0 Å². The number of aromatic nitrogens is 3. The van der Waals surface area contributed by atoms with Crippen LogP contribution in [0.5, 0.6) is 11.5 Å². The molecule has 7 heteroatoms. The van der Waals surface area contributed by atoms with Crippen molar-refractivity contribution >= 4 is 11.6 Å². The van der Waals surface area contributed by atoms with Crippen LogP contribution in [-0.4, -0.2) is 21.9 Å². The Bertz CT molecular complexity index is 1350. The van der Waals surface area contributed by atoms with Crippen LogP contribution in [0.2, 0.25) is 0 Å². The monoisotopic (exact) mass is 426 g/mol. The second-order valence-electron chi connectivity index (χ2n) is 7.67. The Balaban J connectivity index is 1.62. The van der Waals surface area contributed by atoms with Crippen LogP contribution in [0.25, 0.3) is 5.70 Å². The van der Waals surface area contributed by atoms with E-state index >= 15 is 4.39 Å². The summed E-state index contributed by atoms with van der Waals surface area (Å²) in [6, 6.07) is 21.8. The minimum atomic E-state index is -0.523. The minimum absolute atomic E-state index is 0.306. The number of nitrogens with one attached hydrogen (secondary N) is 1. The molecule has 0 bridgehead atoms. The van der Waals surface area contributed by atoms with Crippen LogP contribution in [0.3, 0.4) is 0 Å². The maximum atomic E-state index is 15.1. The highest BCUT2D eigenvalue weighted by Gasteiger charge is 2.41. The topological polar surface area (TPSA) is 61.2 Å². The van der Waals surface area contributed by atoms with Gasteiger partial charge in [-0.3, -0.25) is 0 Å². The SMILES string of the molecule is COc1ccc([C@@H]2Oc3ccccc3C3=C2[C@H](c2ccccc2F)n2ncnc2N3)cc1. The molecule has 0 saturated carbocycles. The quantitative estimate of drug-likeness (QED) is 0.500. The number of hydrogen-bond acceptors (Lipinski definition) is 5. The Kier molecular flexibility index (Phi) is 4.21. The lowest BCUT2D eigenvalue weighted by atomic mass is 9.84. The standard InChI is InChI=1S/C25H19FN4O2/c1-31-16-12-10-15(11-13-16)24-21-22(18-7-3-5-9-20(18)32-24)29-25-27-14-28-30(25)23(21)17-6-2-4-8-19(17)26/h2-14,23-24H,1H3,(H,27,28,29)/t23-,24-/m0/s1. The first-order valence-electron chi connectivity index (χ1n) is 10.3. The molecular formula is C25H19FN4O2. The van der Waals surface area contributed by atoms with Crippen molar-refractivity contribution in [3.63, 3.8) is 0 Å². The van der Waals surface area contributed by atoms with Crippen LogP contribution in [-0.2, 0) is 0 Å². The van der Waals surface area contributed by atoms with Crippen molar-refractivity contribution in [3.05, 3.63) is 107 Å². The Hall–Kier alpha value is -4.13. The molecule has 2 aliphatic heterocycles. The molecule has 2 aliphatic rings. The van der Waals surface area contributed by atoms with E-state index in [1.165, 1.54) is 12.4 Å². The van der Waals surface area contributed by atoms with Gasteiger partial charge in [0.2, 0.25) is 5.95 Å². The predicted octanol–water partition coefficient (Wildman–Crippen LogP) is 4.99. The lowest BCUT2D eigenvalue weighted by Gasteiger charge is -2.39. The molecule has 0 amide bonds. The molecule has 6 rings (SSSR count). The second-order valence-corrected chi connectivity index (χ2v) is 7.67. The molecule has 158 valence electrons. The largest absolute Gasteiger partial charge is 0.497 e. The molecule has 2 atom stereocenters. The first-order chi connectivity index (χ1) is 15.7. The predicted molar refractivity (Wildman–Crippen MR) is 118 cm³/mol. The average molecular weight is 426 g/mol. The van der Waals surface area contributed by atoms with E-state index in [1.807, 2.05) is 54.6 Å². The van der Waals surface area contributed by atoms with Crippen LogP contribution >= 0.6 is 0 Å². The summed E-state index contributed by atoms with van der Waals surface area (Å²) in [5, 5.41) is 7.84. The van der Waals surface area contributed by atoms with Crippen LogP contribution in [0.1, 0.15) is 28.8 Å². The molecule has 3 heterocycles. The van der Waals surface area contributed by atoms with Crippen molar-refractivity contribution < 1.29 is 13.9 Å². The van der Waals surface area contributed by atoms with Gasteiger partial charge >= 0.3 is 0 Å². The molecule has 32 heavy (non-hydrogen) atoms. The maximum absolute atomic E-state index is 15.1. The van der Waals surface area contributed by atoms with E-state index in [0.717, 1.165) is 33.9 Å². The highest BCUT2D eigenvalue weighted by molar-refractivity contribution is 5.85. The third-order valence-corrected chi connectivity index (χ3v) is 5.94. The zero-order valence-electron chi connectivity index (χ0n) is 17.2. The van der Waals surface area contributed by atoms with Gasteiger partial charge in [-0.25, -0.2) is 9.07 Å². The number of ether oxygens (including phenoxy) is 2. The summed E-state index contributed by atoms with van der Waals surface area (Å²) in [6.45, 7) is 0. The normalized spacial score (nSPS) is 18.7. The Morgan fingerprint density at radius 3 is 2.59 bits per heavy atom. The van der Waals surface area contributed by atoms with Gasteiger partial charge in [0.25, 0.3) is 0 Å². The van der Waals surface area contributed by atoms with E-state index in [0.29, 0.717) is 11.5 Å². The van der Waals surface area contributed by atoms with Gasteiger partial charge in [-0.1, -0.05) is 42.5 Å². The molecule has 4 aromatic rings. The third-order valence-electron chi connectivity index (χ3n) is 5.94. The van der Waals surface area contributed by atoms with Gasteiger partial charge in [-0.2, -0.15) is 10.1 Å². The number of anilines is 1. The van der Waals surface area contributed by atoms with E-state index < -0.39 is 12.1 Å². The second kappa shape index (κ2) is 7.23. The summed E-state index contributed by atoms with van der Waals surface area (Å²) in [5.74, 6) is 1.76. The van der Waals surface area contributed by atoms with Crippen LogP contribution in [0, 0.1) is 5.82 Å². The smallest absolute Gasteiger partial charge is 0.226 e. The average Bonchev–Trinajstić information content (AvgIpc) is 3.31. The number of nitrogens with zero attached hydrogens (tertiary/aromatic N) is 3. The molecule has 0 spiro atoms. The zero-order valence-corrected chi connectivity index (χ0v) is 17.2. The molecule has 1 aromatic heterocycles. The molecule has 3 aromatic carbocycles. The van der Waals surface area contributed by atoms with Crippen molar-refractivity contribution in [3.8, 4) is 11.5 Å². The van der Waals surface area contributed by atoms with Gasteiger partial charge in [0.1, 0.15) is 35.8 Å². The molecular weight excluding hydrogens is 407 g/mol. The lowest BCUT2D eigenvalue weighted by Crippen LogP contribution is -2.32. The van der Waals surface area contributed by atoms with Gasteiger partial charge in [0.05, 0.1) is 12.8 Å². The van der Waals surface area contributed by atoms with E-state index in [9.17, 15) is 0 Å². The van der Waals surface area contributed by atoms with Crippen molar-refractivity contribution in [2.45, 2.75) is 12.1 Å². The first kappa shape index (κ1) is 18.6. The number of halogens is 1.